The summed E-state index contributed by atoms with van der Waals surface area (Å²) >= 11 is 5.80. The molecule has 0 saturated heterocycles. The number of aromatic nitrogens is 4. The van der Waals surface area contributed by atoms with Crippen LogP contribution in [0.25, 0.3) is 22.6 Å². The van der Waals surface area contributed by atoms with E-state index >= 15 is 0 Å². The average molecular weight is 428 g/mol. The second-order valence-electron chi connectivity index (χ2n) is 5.87. The third-order valence-electron chi connectivity index (χ3n) is 3.89. The largest absolute Gasteiger partial charge is 0.573 e. The number of halogens is 5. The molecule has 7 nitrogen and oxygen atoms in total. The molecule has 0 aliphatic carbocycles. The number of fused-ring (bicyclic) bond motifs is 1. The first-order valence-electron chi connectivity index (χ1n) is 8.03. The molecule has 0 saturated carbocycles. The van der Waals surface area contributed by atoms with E-state index in [1.54, 1.807) is 6.07 Å². The lowest BCUT2D eigenvalue weighted by Crippen LogP contribution is -2.17. The number of furan rings is 1. The molecule has 0 aliphatic rings. The molecule has 4 aromatic rings. The van der Waals surface area contributed by atoms with Gasteiger partial charge in [-0.1, -0.05) is 11.6 Å². The molecule has 2 heterocycles. The molecule has 12 heteroatoms. The van der Waals surface area contributed by atoms with Gasteiger partial charge in [0.2, 0.25) is 5.82 Å². The van der Waals surface area contributed by atoms with Crippen LogP contribution in [0.5, 0.6) is 5.75 Å². The number of hydrogen-bond donors (Lipinski definition) is 2. The van der Waals surface area contributed by atoms with E-state index in [4.69, 9.17) is 16.0 Å². The Morgan fingerprint density at radius 1 is 1.17 bits per heavy atom. The number of rotatable bonds is 5. The fraction of sp³-hybridized carbons (Fsp3) is 0.118. The van der Waals surface area contributed by atoms with Crippen molar-refractivity contribution in [2.45, 2.75) is 12.9 Å². The Kier molecular flexibility index (Phi) is 4.74. The van der Waals surface area contributed by atoms with Crippen molar-refractivity contribution in [3.05, 3.63) is 52.8 Å². The van der Waals surface area contributed by atoms with Crippen molar-refractivity contribution in [3.8, 4) is 17.3 Å². The zero-order valence-electron chi connectivity index (χ0n) is 14.2. The van der Waals surface area contributed by atoms with Gasteiger partial charge in [0.25, 0.3) is 0 Å². The van der Waals surface area contributed by atoms with E-state index in [0.29, 0.717) is 22.4 Å². The van der Waals surface area contributed by atoms with Gasteiger partial charge >= 0.3 is 6.36 Å². The zero-order valence-corrected chi connectivity index (χ0v) is 15.0. The summed E-state index contributed by atoms with van der Waals surface area (Å²) in [6.07, 6.45) is -4.85. The SMILES string of the molecule is Fc1cc2cc(-c3nn[nH]n3)oc2cc1CNc1ccc(OC(F)(F)F)c(Cl)c1. The van der Waals surface area contributed by atoms with Crippen molar-refractivity contribution in [2.75, 3.05) is 5.32 Å². The van der Waals surface area contributed by atoms with Crippen LogP contribution in [-0.2, 0) is 6.54 Å². The number of aromatic amines is 1. The fourth-order valence-electron chi connectivity index (χ4n) is 2.63. The Morgan fingerprint density at radius 3 is 2.69 bits per heavy atom. The van der Waals surface area contributed by atoms with E-state index in [9.17, 15) is 17.6 Å². The first-order chi connectivity index (χ1) is 13.8. The first kappa shape index (κ1) is 19.0. The molecular weight excluding hydrogens is 418 g/mol. The molecule has 29 heavy (non-hydrogen) atoms. The summed E-state index contributed by atoms with van der Waals surface area (Å²) in [4.78, 5) is 0. The molecule has 2 N–H and O–H groups in total. The summed E-state index contributed by atoms with van der Waals surface area (Å²) in [5.41, 5.74) is 1.07. The van der Waals surface area contributed by atoms with Crippen LogP contribution in [0.1, 0.15) is 5.56 Å². The molecule has 0 spiro atoms. The maximum absolute atomic E-state index is 14.4. The second-order valence-corrected chi connectivity index (χ2v) is 6.28. The monoisotopic (exact) mass is 427 g/mol. The van der Waals surface area contributed by atoms with Crippen molar-refractivity contribution in [3.63, 3.8) is 0 Å². The number of hydrogen-bond acceptors (Lipinski definition) is 6. The fourth-order valence-corrected chi connectivity index (χ4v) is 2.85. The van der Waals surface area contributed by atoms with Gasteiger partial charge in [0.05, 0.1) is 5.02 Å². The van der Waals surface area contributed by atoms with E-state index in [-0.39, 0.29) is 23.0 Å². The van der Waals surface area contributed by atoms with E-state index in [1.165, 1.54) is 24.3 Å². The van der Waals surface area contributed by atoms with Gasteiger partial charge in [0, 0.05) is 23.2 Å². The van der Waals surface area contributed by atoms with Crippen LogP contribution in [0, 0.1) is 5.82 Å². The lowest BCUT2D eigenvalue weighted by Gasteiger charge is -2.12. The highest BCUT2D eigenvalue weighted by Gasteiger charge is 2.32. The van der Waals surface area contributed by atoms with Gasteiger partial charge in [0.15, 0.2) is 5.76 Å². The summed E-state index contributed by atoms with van der Waals surface area (Å²) in [5.74, 6) is -0.460. The molecular formula is C17H10ClF4N5O2. The second kappa shape index (κ2) is 7.24. The van der Waals surface area contributed by atoms with Gasteiger partial charge in [-0.05, 0) is 41.6 Å². The van der Waals surface area contributed by atoms with Crippen molar-refractivity contribution in [2.24, 2.45) is 0 Å². The summed E-state index contributed by atoms with van der Waals surface area (Å²) in [5, 5.41) is 16.5. The first-order valence-corrected chi connectivity index (χ1v) is 8.41. The third kappa shape index (κ3) is 4.24. The van der Waals surface area contributed by atoms with Crippen molar-refractivity contribution in [1.29, 1.82) is 0 Å². The average Bonchev–Trinajstić information content (AvgIpc) is 3.30. The van der Waals surface area contributed by atoms with Crippen LogP contribution in [0.15, 0.2) is 40.8 Å². The minimum absolute atomic E-state index is 0.0375. The van der Waals surface area contributed by atoms with E-state index in [0.717, 1.165) is 6.07 Å². The smallest absolute Gasteiger partial charge is 0.453 e. The molecule has 0 bridgehead atoms. The number of alkyl halides is 3. The summed E-state index contributed by atoms with van der Waals surface area (Å²) in [6, 6.07) is 8.04. The van der Waals surface area contributed by atoms with Gasteiger partial charge in [-0.15, -0.1) is 23.4 Å². The molecule has 2 aromatic carbocycles. The Hall–Kier alpha value is -3.34. The van der Waals surface area contributed by atoms with Crippen LogP contribution in [0.3, 0.4) is 0 Å². The highest BCUT2D eigenvalue weighted by Crippen LogP contribution is 2.33. The number of nitrogens with zero attached hydrogens (tertiary/aromatic N) is 3. The predicted octanol–water partition coefficient (Wildman–Crippen LogP) is 4.92. The molecule has 0 radical (unpaired) electrons. The van der Waals surface area contributed by atoms with E-state index in [2.05, 4.69) is 30.7 Å². The summed E-state index contributed by atoms with van der Waals surface area (Å²) < 4.78 is 60.7. The number of H-pyrrole nitrogens is 1. The summed E-state index contributed by atoms with van der Waals surface area (Å²) in [6.45, 7) is 0.0375. The van der Waals surface area contributed by atoms with Gasteiger partial charge < -0.3 is 14.5 Å². The normalized spacial score (nSPS) is 11.8. The maximum atomic E-state index is 14.4. The van der Waals surface area contributed by atoms with E-state index < -0.39 is 17.9 Å². The number of anilines is 1. The van der Waals surface area contributed by atoms with Crippen LogP contribution >= 0.6 is 11.6 Å². The Morgan fingerprint density at radius 2 is 2.00 bits per heavy atom. The Balaban J connectivity index is 1.52. The van der Waals surface area contributed by atoms with Gasteiger partial charge in [-0.2, -0.15) is 5.21 Å². The van der Waals surface area contributed by atoms with Crippen LogP contribution in [0.4, 0.5) is 23.2 Å². The predicted molar refractivity (Wildman–Crippen MR) is 94.8 cm³/mol. The highest BCUT2D eigenvalue weighted by atomic mass is 35.5. The third-order valence-corrected chi connectivity index (χ3v) is 4.19. The summed E-state index contributed by atoms with van der Waals surface area (Å²) in [7, 11) is 0. The minimum atomic E-state index is -4.85. The molecule has 0 fully saturated rings. The topological polar surface area (TPSA) is 88.9 Å². The quantitative estimate of drug-likeness (QED) is 0.440. The lowest BCUT2D eigenvalue weighted by atomic mass is 10.1. The molecule has 2 aromatic heterocycles. The lowest BCUT2D eigenvalue weighted by molar-refractivity contribution is -0.274. The number of tetrazole rings is 1. The molecule has 150 valence electrons. The van der Waals surface area contributed by atoms with Crippen LogP contribution in [-0.4, -0.2) is 27.0 Å². The molecule has 0 atom stereocenters. The molecule has 0 unspecified atom stereocenters. The molecule has 4 rings (SSSR count). The number of benzene rings is 2. The van der Waals surface area contributed by atoms with Gasteiger partial charge in [-0.3, -0.25) is 0 Å². The Bertz CT molecular complexity index is 1160. The molecule has 0 aliphatic heterocycles. The van der Waals surface area contributed by atoms with Crippen molar-refractivity contribution < 1.29 is 26.7 Å². The minimum Gasteiger partial charge on any atom is -0.453 e. The Labute approximate surface area is 164 Å². The standard InChI is InChI=1S/C17H10ClF4N5O2/c18-11-6-10(1-2-13(11)29-17(20,21)22)23-7-9-5-14-8(3-12(9)19)4-15(28-14)16-24-26-27-25-16/h1-6,23H,7H2,(H,24,25,26,27). The van der Waals surface area contributed by atoms with Crippen LogP contribution in [0.2, 0.25) is 5.02 Å². The van der Waals surface area contributed by atoms with E-state index in [1.807, 2.05) is 0 Å². The van der Waals surface area contributed by atoms with Gasteiger partial charge in [-0.25, -0.2) is 4.39 Å². The van der Waals surface area contributed by atoms with Crippen molar-refractivity contribution >= 4 is 28.3 Å². The van der Waals surface area contributed by atoms with Gasteiger partial charge in [0.1, 0.15) is 17.1 Å². The highest BCUT2D eigenvalue weighted by molar-refractivity contribution is 6.32. The molecule has 0 amide bonds. The zero-order chi connectivity index (χ0) is 20.6. The number of nitrogens with one attached hydrogen (secondary N) is 2. The van der Waals surface area contributed by atoms with Crippen LogP contribution < -0.4 is 10.1 Å². The van der Waals surface area contributed by atoms with Crippen molar-refractivity contribution in [1.82, 2.24) is 20.6 Å². The number of ether oxygens (including phenoxy) is 1. The maximum Gasteiger partial charge on any atom is 0.573 e.